The zero-order chi connectivity index (χ0) is 13.3. The summed E-state index contributed by atoms with van der Waals surface area (Å²) in [6.07, 6.45) is 0. The van der Waals surface area contributed by atoms with Gasteiger partial charge in [0.15, 0.2) is 10.8 Å². The maximum Gasteiger partial charge on any atom is 0.175 e. The van der Waals surface area contributed by atoms with Crippen LogP contribution in [0.15, 0.2) is 70.6 Å². The van der Waals surface area contributed by atoms with Crippen molar-refractivity contribution in [1.82, 2.24) is 0 Å². The fourth-order valence-electron chi connectivity index (χ4n) is 2.20. The minimum absolute atomic E-state index is 0.470. The molecule has 0 spiro atoms. The van der Waals surface area contributed by atoms with Crippen molar-refractivity contribution >= 4 is 22.5 Å². The van der Waals surface area contributed by atoms with Gasteiger partial charge in [0, 0.05) is 11.1 Å². The fraction of sp³-hybridized carbons (Fsp3) is 0.125. The summed E-state index contributed by atoms with van der Waals surface area (Å²) in [5, 5.41) is 0.470. The highest BCUT2D eigenvalue weighted by molar-refractivity contribution is 6.86. The van der Waals surface area contributed by atoms with Gasteiger partial charge in [0.05, 0.1) is 0 Å². The largest absolute Gasteiger partial charge is 0.247 e. The van der Waals surface area contributed by atoms with E-state index in [0.717, 1.165) is 16.8 Å². The van der Waals surface area contributed by atoms with Gasteiger partial charge in [-0.1, -0.05) is 72.3 Å². The van der Waals surface area contributed by atoms with Crippen molar-refractivity contribution < 1.29 is 0 Å². The molecule has 0 aliphatic carbocycles. The van der Waals surface area contributed by atoms with E-state index in [9.17, 15) is 0 Å². The molecule has 0 amide bonds. The molecule has 2 aromatic carbocycles. The molecule has 19 heavy (non-hydrogen) atoms. The molecule has 2 aromatic rings. The standard InChI is InChI=1S/C16H13ClN2/c1-16(13-10-6-3-7-11-13)18-14(15(17)19-16)12-8-4-2-5-9-12/h2-11H,1H3. The Morgan fingerprint density at radius 1 is 0.842 bits per heavy atom. The Labute approximate surface area is 117 Å². The summed E-state index contributed by atoms with van der Waals surface area (Å²) in [5.74, 6) is 0. The quantitative estimate of drug-likeness (QED) is 0.787. The van der Waals surface area contributed by atoms with Crippen molar-refractivity contribution in [2.24, 2.45) is 9.98 Å². The minimum atomic E-state index is -0.622. The number of benzene rings is 2. The summed E-state index contributed by atoms with van der Waals surface area (Å²) >= 11 is 6.27. The van der Waals surface area contributed by atoms with Crippen molar-refractivity contribution in [3.05, 3.63) is 71.8 Å². The number of halogens is 1. The predicted molar refractivity (Wildman–Crippen MR) is 80.1 cm³/mol. The van der Waals surface area contributed by atoms with Crippen molar-refractivity contribution in [2.45, 2.75) is 12.6 Å². The Morgan fingerprint density at radius 3 is 2.05 bits per heavy atom. The zero-order valence-corrected chi connectivity index (χ0v) is 11.3. The molecule has 0 fully saturated rings. The third kappa shape index (κ3) is 2.20. The number of aliphatic imine (C=N–C) groups is 2. The SMILES string of the molecule is CC1(c2ccccc2)N=C(Cl)C(c2ccccc2)=N1. The molecule has 0 saturated heterocycles. The first-order valence-corrected chi connectivity index (χ1v) is 6.53. The van der Waals surface area contributed by atoms with Crippen LogP contribution in [-0.2, 0) is 5.66 Å². The van der Waals surface area contributed by atoms with Crippen molar-refractivity contribution in [3.8, 4) is 0 Å². The Hall–Kier alpha value is -1.93. The van der Waals surface area contributed by atoms with E-state index in [0.29, 0.717) is 5.17 Å². The van der Waals surface area contributed by atoms with E-state index in [1.165, 1.54) is 0 Å². The fourth-order valence-corrected chi connectivity index (χ4v) is 2.51. The molecule has 1 atom stereocenters. The van der Waals surface area contributed by atoms with Crippen LogP contribution in [0.5, 0.6) is 0 Å². The Balaban J connectivity index is 2.07. The van der Waals surface area contributed by atoms with Crippen LogP contribution in [0.2, 0.25) is 0 Å². The van der Waals surface area contributed by atoms with E-state index in [1.807, 2.05) is 67.6 Å². The topological polar surface area (TPSA) is 24.7 Å². The number of hydrogen-bond acceptors (Lipinski definition) is 2. The van der Waals surface area contributed by atoms with E-state index in [4.69, 9.17) is 16.6 Å². The first kappa shape index (κ1) is 12.1. The smallest absolute Gasteiger partial charge is 0.175 e. The Bertz CT molecular complexity index is 647. The van der Waals surface area contributed by atoms with Gasteiger partial charge < -0.3 is 0 Å². The number of hydrogen-bond donors (Lipinski definition) is 0. The van der Waals surface area contributed by atoms with E-state index < -0.39 is 5.66 Å². The molecule has 2 nitrogen and oxygen atoms in total. The summed E-state index contributed by atoms with van der Waals surface area (Å²) < 4.78 is 0. The van der Waals surface area contributed by atoms with Gasteiger partial charge in [-0.25, -0.2) is 9.98 Å². The number of nitrogens with zero attached hydrogens (tertiary/aromatic N) is 2. The lowest BCUT2D eigenvalue weighted by atomic mass is 10.0. The summed E-state index contributed by atoms with van der Waals surface area (Å²) in [4.78, 5) is 9.25. The average molecular weight is 269 g/mol. The lowest BCUT2D eigenvalue weighted by Gasteiger charge is -2.17. The lowest BCUT2D eigenvalue weighted by molar-refractivity contribution is 0.542. The van der Waals surface area contributed by atoms with Gasteiger partial charge in [0.25, 0.3) is 0 Å². The first-order valence-electron chi connectivity index (χ1n) is 6.15. The predicted octanol–water partition coefficient (Wildman–Crippen LogP) is 4.00. The van der Waals surface area contributed by atoms with Crippen LogP contribution in [0.4, 0.5) is 0 Å². The molecule has 1 unspecified atom stereocenters. The van der Waals surface area contributed by atoms with Crippen molar-refractivity contribution in [2.75, 3.05) is 0 Å². The van der Waals surface area contributed by atoms with Crippen LogP contribution in [0.25, 0.3) is 0 Å². The molecular formula is C16H13ClN2. The van der Waals surface area contributed by atoms with Crippen LogP contribution in [0.1, 0.15) is 18.1 Å². The second kappa shape index (κ2) is 4.63. The maximum atomic E-state index is 6.27. The van der Waals surface area contributed by atoms with Crippen LogP contribution in [0, 0.1) is 0 Å². The van der Waals surface area contributed by atoms with Crippen LogP contribution in [0.3, 0.4) is 0 Å². The molecule has 3 heteroatoms. The van der Waals surface area contributed by atoms with Gasteiger partial charge in [-0.15, -0.1) is 0 Å². The molecule has 0 bridgehead atoms. The molecule has 1 heterocycles. The molecule has 0 N–H and O–H groups in total. The summed E-state index contributed by atoms with van der Waals surface area (Å²) in [6.45, 7) is 1.97. The monoisotopic (exact) mass is 268 g/mol. The van der Waals surface area contributed by atoms with Gasteiger partial charge in [0.2, 0.25) is 0 Å². The molecular weight excluding hydrogens is 256 g/mol. The summed E-state index contributed by atoms with van der Waals surface area (Å²) in [5.41, 5.74) is 2.17. The van der Waals surface area contributed by atoms with Crippen molar-refractivity contribution in [1.29, 1.82) is 0 Å². The van der Waals surface area contributed by atoms with Crippen LogP contribution in [-0.4, -0.2) is 10.9 Å². The second-order valence-corrected chi connectivity index (χ2v) is 4.97. The Morgan fingerprint density at radius 2 is 1.42 bits per heavy atom. The Kier molecular flexibility index (Phi) is 2.96. The molecule has 1 aliphatic heterocycles. The minimum Gasteiger partial charge on any atom is -0.247 e. The molecule has 0 saturated carbocycles. The molecule has 0 aromatic heterocycles. The van der Waals surface area contributed by atoms with E-state index in [2.05, 4.69) is 4.99 Å². The summed E-state index contributed by atoms with van der Waals surface area (Å²) in [6, 6.07) is 19.9. The van der Waals surface area contributed by atoms with Crippen LogP contribution < -0.4 is 0 Å². The van der Waals surface area contributed by atoms with Gasteiger partial charge in [-0.05, 0) is 6.92 Å². The number of rotatable bonds is 2. The van der Waals surface area contributed by atoms with Gasteiger partial charge in [-0.3, -0.25) is 0 Å². The van der Waals surface area contributed by atoms with Gasteiger partial charge >= 0.3 is 0 Å². The zero-order valence-electron chi connectivity index (χ0n) is 10.5. The highest BCUT2D eigenvalue weighted by Gasteiger charge is 2.32. The summed E-state index contributed by atoms with van der Waals surface area (Å²) in [7, 11) is 0. The third-order valence-electron chi connectivity index (χ3n) is 3.21. The van der Waals surface area contributed by atoms with E-state index in [1.54, 1.807) is 0 Å². The van der Waals surface area contributed by atoms with Crippen LogP contribution >= 0.6 is 11.6 Å². The van der Waals surface area contributed by atoms with Crippen molar-refractivity contribution in [3.63, 3.8) is 0 Å². The molecule has 1 aliphatic rings. The van der Waals surface area contributed by atoms with Gasteiger partial charge in [0.1, 0.15) is 5.71 Å². The third-order valence-corrected chi connectivity index (χ3v) is 3.47. The highest BCUT2D eigenvalue weighted by atomic mass is 35.5. The normalized spacial score (nSPS) is 22.0. The van der Waals surface area contributed by atoms with E-state index in [-0.39, 0.29) is 0 Å². The lowest BCUT2D eigenvalue weighted by Crippen LogP contribution is -2.13. The molecule has 94 valence electrons. The van der Waals surface area contributed by atoms with E-state index >= 15 is 0 Å². The van der Waals surface area contributed by atoms with Gasteiger partial charge in [-0.2, -0.15) is 0 Å². The molecule has 3 rings (SSSR count). The second-order valence-electron chi connectivity index (χ2n) is 4.62. The highest BCUT2D eigenvalue weighted by Crippen LogP contribution is 2.33. The first-order chi connectivity index (χ1) is 9.19. The average Bonchev–Trinajstić information content (AvgIpc) is 2.77. The molecule has 0 radical (unpaired) electrons. The maximum absolute atomic E-state index is 6.27.